The van der Waals surface area contributed by atoms with E-state index in [1.807, 2.05) is 24.3 Å². The minimum absolute atomic E-state index is 0.127. The summed E-state index contributed by atoms with van der Waals surface area (Å²) in [6, 6.07) is 14.3. The highest BCUT2D eigenvalue weighted by molar-refractivity contribution is 6.39. The van der Waals surface area contributed by atoms with Crippen LogP contribution in [0.15, 0.2) is 52.9 Å². The molecule has 0 aliphatic carbocycles. The number of amides is 3. The number of likely N-dealkylation sites (tertiary alicyclic amines) is 1. The zero-order valence-electron chi connectivity index (χ0n) is 18.5. The fourth-order valence-corrected chi connectivity index (χ4v) is 4.21. The van der Waals surface area contributed by atoms with E-state index in [2.05, 4.69) is 10.6 Å². The van der Waals surface area contributed by atoms with Gasteiger partial charge >= 0.3 is 11.8 Å². The Bertz CT molecular complexity index is 1200. The summed E-state index contributed by atoms with van der Waals surface area (Å²) in [5.74, 6) is 0.101. The van der Waals surface area contributed by atoms with Crippen molar-refractivity contribution in [2.45, 2.75) is 12.8 Å². The zero-order valence-corrected chi connectivity index (χ0v) is 18.5. The van der Waals surface area contributed by atoms with Crippen LogP contribution in [0.3, 0.4) is 0 Å². The number of piperidine rings is 1. The number of carbonyl (C=O) groups is 3. The summed E-state index contributed by atoms with van der Waals surface area (Å²) in [6.07, 6.45) is 1.46. The first-order chi connectivity index (χ1) is 16.6. The summed E-state index contributed by atoms with van der Waals surface area (Å²) in [7, 11) is 0. The molecule has 3 amide bonds. The Labute approximate surface area is 196 Å². The van der Waals surface area contributed by atoms with E-state index >= 15 is 0 Å². The average Bonchev–Trinajstić information content (AvgIpc) is 3.31. The van der Waals surface area contributed by atoms with Crippen molar-refractivity contribution >= 4 is 34.4 Å². The fraction of sp³-hybridized carbons (Fsp3) is 0.320. The third-order valence-corrected chi connectivity index (χ3v) is 6.10. The zero-order chi connectivity index (χ0) is 23.5. The number of para-hydroxylation sites is 1. The molecule has 0 saturated carbocycles. The van der Waals surface area contributed by atoms with E-state index in [4.69, 9.17) is 13.9 Å². The fourth-order valence-electron chi connectivity index (χ4n) is 4.21. The molecular weight excluding hydrogens is 438 g/mol. The van der Waals surface area contributed by atoms with Gasteiger partial charge in [-0.2, -0.15) is 0 Å². The van der Waals surface area contributed by atoms with E-state index in [1.54, 1.807) is 29.2 Å². The van der Waals surface area contributed by atoms with Crippen LogP contribution in [0.1, 0.15) is 23.4 Å². The monoisotopic (exact) mass is 463 g/mol. The molecule has 5 rings (SSSR count). The molecule has 2 aliphatic heterocycles. The maximum Gasteiger partial charge on any atom is 0.313 e. The molecule has 2 N–H and O–H groups in total. The van der Waals surface area contributed by atoms with E-state index in [1.165, 1.54) is 0 Å². The van der Waals surface area contributed by atoms with Crippen LogP contribution in [0.5, 0.6) is 11.5 Å². The molecule has 0 bridgehead atoms. The summed E-state index contributed by atoms with van der Waals surface area (Å²) in [5, 5.41) is 6.18. The molecule has 9 nitrogen and oxygen atoms in total. The molecule has 34 heavy (non-hydrogen) atoms. The Morgan fingerprint density at radius 1 is 0.912 bits per heavy atom. The summed E-state index contributed by atoms with van der Waals surface area (Å²) in [4.78, 5) is 39.1. The van der Waals surface area contributed by atoms with E-state index in [0.29, 0.717) is 61.4 Å². The van der Waals surface area contributed by atoms with Gasteiger partial charge in [0.2, 0.25) is 0 Å². The summed E-state index contributed by atoms with van der Waals surface area (Å²) < 4.78 is 16.6. The number of anilines is 1. The van der Waals surface area contributed by atoms with Gasteiger partial charge in [0, 0.05) is 36.8 Å². The number of ether oxygens (including phenoxy) is 2. The van der Waals surface area contributed by atoms with Crippen molar-refractivity contribution in [1.29, 1.82) is 0 Å². The number of benzene rings is 2. The molecule has 2 aromatic carbocycles. The first kappa shape index (κ1) is 21.8. The van der Waals surface area contributed by atoms with Crippen LogP contribution in [0.4, 0.5) is 5.69 Å². The summed E-state index contributed by atoms with van der Waals surface area (Å²) in [6.45, 7) is 2.43. The third-order valence-electron chi connectivity index (χ3n) is 6.10. The molecule has 0 unspecified atom stereocenters. The van der Waals surface area contributed by atoms with Gasteiger partial charge in [0.05, 0.1) is 0 Å². The Balaban J connectivity index is 1.08. The minimum Gasteiger partial charge on any atom is -0.486 e. The highest BCUT2D eigenvalue weighted by Crippen LogP contribution is 2.32. The predicted molar refractivity (Wildman–Crippen MR) is 124 cm³/mol. The Hall–Kier alpha value is -4.01. The average molecular weight is 463 g/mol. The van der Waals surface area contributed by atoms with E-state index in [0.717, 1.165) is 18.2 Å². The summed E-state index contributed by atoms with van der Waals surface area (Å²) in [5.41, 5.74) is 1.15. The number of hydrogen-bond acceptors (Lipinski definition) is 6. The second-order valence-corrected chi connectivity index (χ2v) is 8.41. The molecule has 3 aromatic rings. The van der Waals surface area contributed by atoms with Gasteiger partial charge in [-0.05, 0) is 43.0 Å². The lowest BCUT2D eigenvalue weighted by molar-refractivity contribution is -0.136. The van der Waals surface area contributed by atoms with Crippen LogP contribution in [-0.2, 0) is 9.59 Å². The highest BCUT2D eigenvalue weighted by atomic mass is 16.6. The normalized spacial score (nSPS) is 15.7. The third kappa shape index (κ3) is 4.68. The van der Waals surface area contributed by atoms with Gasteiger partial charge in [0.25, 0.3) is 5.91 Å². The van der Waals surface area contributed by atoms with Crippen LogP contribution in [0.2, 0.25) is 0 Å². The largest absolute Gasteiger partial charge is 0.486 e. The SMILES string of the molecule is O=C(NCC1CCN(C(=O)c2cc3ccccc3o2)CC1)C(=O)Nc1ccc2c(c1)OCCO2. The van der Waals surface area contributed by atoms with Crippen molar-refractivity contribution in [2.24, 2.45) is 5.92 Å². The molecule has 3 heterocycles. The van der Waals surface area contributed by atoms with Gasteiger partial charge in [-0.1, -0.05) is 18.2 Å². The number of carbonyl (C=O) groups excluding carboxylic acids is 3. The van der Waals surface area contributed by atoms with Crippen LogP contribution in [0, 0.1) is 5.92 Å². The molecule has 1 aromatic heterocycles. The second kappa shape index (κ2) is 9.46. The van der Waals surface area contributed by atoms with Crippen molar-refractivity contribution in [2.75, 3.05) is 38.2 Å². The van der Waals surface area contributed by atoms with Crippen LogP contribution in [-0.4, -0.2) is 55.5 Å². The lowest BCUT2D eigenvalue weighted by atomic mass is 9.96. The lowest BCUT2D eigenvalue weighted by Gasteiger charge is -2.31. The van der Waals surface area contributed by atoms with Gasteiger partial charge in [-0.3, -0.25) is 14.4 Å². The molecule has 9 heteroatoms. The number of hydrogen-bond donors (Lipinski definition) is 2. The number of rotatable bonds is 4. The van der Waals surface area contributed by atoms with Crippen LogP contribution >= 0.6 is 0 Å². The molecule has 176 valence electrons. The molecule has 2 aliphatic rings. The smallest absolute Gasteiger partial charge is 0.313 e. The van der Waals surface area contributed by atoms with Crippen molar-refractivity contribution in [1.82, 2.24) is 10.2 Å². The number of furan rings is 1. The molecule has 0 atom stereocenters. The molecule has 0 spiro atoms. The molecule has 1 fully saturated rings. The van der Waals surface area contributed by atoms with E-state index in [9.17, 15) is 14.4 Å². The number of nitrogens with one attached hydrogen (secondary N) is 2. The van der Waals surface area contributed by atoms with E-state index in [-0.39, 0.29) is 11.8 Å². The van der Waals surface area contributed by atoms with Crippen molar-refractivity contribution in [3.63, 3.8) is 0 Å². The maximum absolute atomic E-state index is 12.8. The van der Waals surface area contributed by atoms with Gasteiger partial charge in [0.15, 0.2) is 17.3 Å². The molecule has 1 saturated heterocycles. The minimum atomic E-state index is -0.742. The number of nitrogens with zero attached hydrogens (tertiary/aromatic N) is 1. The first-order valence-electron chi connectivity index (χ1n) is 11.3. The second-order valence-electron chi connectivity index (χ2n) is 8.41. The molecule has 0 radical (unpaired) electrons. The number of fused-ring (bicyclic) bond motifs is 2. The van der Waals surface area contributed by atoms with Crippen molar-refractivity contribution in [3.05, 3.63) is 54.3 Å². The predicted octanol–water partition coefficient (Wildman–Crippen LogP) is 2.81. The van der Waals surface area contributed by atoms with Crippen molar-refractivity contribution < 1.29 is 28.3 Å². The van der Waals surface area contributed by atoms with Gasteiger partial charge < -0.3 is 29.4 Å². The summed E-state index contributed by atoms with van der Waals surface area (Å²) >= 11 is 0. The van der Waals surface area contributed by atoms with Crippen molar-refractivity contribution in [3.8, 4) is 11.5 Å². The Morgan fingerprint density at radius 3 is 2.47 bits per heavy atom. The van der Waals surface area contributed by atoms with E-state index < -0.39 is 11.8 Å². The van der Waals surface area contributed by atoms with Crippen LogP contribution < -0.4 is 20.1 Å². The van der Waals surface area contributed by atoms with Gasteiger partial charge in [-0.15, -0.1) is 0 Å². The standard InChI is InChI=1S/C25H25N3O6/c29-23(24(30)27-18-5-6-20-21(14-18)33-12-11-32-20)26-15-16-7-9-28(10-8-16)25(31)22-13-17-3-1-2-4-19(17)34-22/h1-6,13-14,16H,7-12,15H2,(H,26,29)(H,27,30). The van der Waals surface area contributed by atoms with Gasteiger partial charge in [-0.25, -0.2) is 0 Å². The lowest BCUT2D eigenvalue weighted by Crippen LogP contribution is -2.43. The van der Waals surface area contributed by atoms with Crippen LogP contribution in [0.25, 0.3) is 11.0 Å². The van der Waals surface area contributed by atoms with Gasteiger partial charge in [0.1, 0.15) is 18.8 Å². The quantitative estimate of drug-likeness (QED) is 0.576. The highest BCUT2D eigenvalue weighted by Gasteiger charge is 2.26. The Kier molecular flexibility index (Phi) is 6.07. The maximum atomic E-state index is 12.8. The molecular formula is C25H25N3O6. The Morgan fingerprint density at radius 2 is 1.68 bits per heavy atom. The first-order valence-corrected chi connectivity index (χ1v) is 11.3. The topological polar surface area (TPSA) is 110 Å².